The van der Waals surface area contributed by atoms with Crippen molar-refractivity contribution in [1.29, 1.82) is 0 Å². The molecule has 0 saturated heterocycles. The molecule has 0 aliphatic carbocycles. The van der Waals surface area contributed by atoms with Crippen LogP contribution in [0.5, 0.6) is 0 Å². The van der Waals surface area contributed by atoms with E-state index in [1.807, 2.05) is 30.3 Å². The third-order valence-corrected chi connectivity index (χ3v) is 5.64. The number of para-hydroxylation sites is 1. The van der Waals surface area contributed by atoms with Gasteiger partial charge in [0.05, 0.1) is 0 Å². The molecule has 0 bridgehead atoms. The van der Waals surface area contributed by atoms with Gasteiger partial charge < -0.3 is 9.64 Å². The number of hydrogen-bond acceptors (Lipinski definition) is 5. The van der Waals surface area contributed by atoms with E-state index < -0.39 is 28.6 Å². The molecule has 29 heavy (non-hydrogen) atoms. The summed E-state index contributed by atoms with van der Waals surface area (Å²) in [5.74, 6) is -1.16. The molecule has 1 N–H and O–H groups in total. The molecular weight excluding hydrogens is 392 g/mol. The van der Waals surface area contributed by atoms with E-state index in [1.54, 1.807) is 29.2 Å². The van der Waals surface area contributed by atoms with Crippen LogP contribution in [0, 0.1) is 0 Å². The summed E-state index contributed by atoms with van der Waals surface area (Å²) in [5.41, 5.74) is 2.59. The predicted octanol–water partition coefficient (Wildman–Crippen LogP) is 2.10. The number of hydrogen-bond donors (Lipinski definition) is 1. The van der Waals surface area contributed by atoms with Crippen LogP contribution in [-0.4, -0.2) is 39.5 Å². The van der Waals surface area contributed by atoms with Gasteiger partial charge in [0.15, 0.2) is 6.61 Å². The van der Waals surface area contributed by atoms with E-state index in [0.717, 1.165) is 23.1 Å². The SMILES string of the molecule is C[C@H](NS(=O)(=O)/C=C/c1ccccc1)C(=O)OCC(=O)N1CCc2ccccc21. The Kier molecular flexibility index (Phi) is 6.46. The van der Waals surface area contributed by atoms with Gasteiger partial charge in [-0.3, -0.25) is 9.59 Å². The van der Waals surface area contributed by atoms with E-state index >= 15 is 0 Å². The fourth-order valence-electron chi connectivity index (χ4n) is 3.00. The molecule has 1 aliphatic heterocycles. The minimum absolute atomic E-state index is 0.345. The smallest absolute Gasteiger partial charge is 0.324 e. The van der Waals surface area contributed by atoms with E-state index in [4.69, 9.17) is 4.74 Å². The van der Waals surface area contributed by atoms with Gasteiger partial charge in [0, 0.05) is 17.6 Å². The maximum absolute atomic E-state index is 12.4. The standard InChI is InChI=1S/C21H22N2O5S/c1-16(22-29(26,27)14-12-17-7-3-2-4-8-17)21(25)28-15-20(24)23-13-11-18-9-5-6-10-19(18)23/h2-10,12,14,16,22H,11,13,15H2,1H3/b14-12+/t16-/m0/s1. The summed E-state index contributed by atoms with van der Waals surface area (Å²) in [7, 11) is -3.84. The lowest BCUT2D eigenvalue weighted by atomic mass is 10.2. The lowest BCUT2D eigenvalue weighted by molar-refractivity contribution is -0.149. The Morgan fingerprint density at radius 2 is 1.83 bits per heavy atom. The molecule has 1 atom stereocenters. The van der Waals surface area contributed by atoms with Crippen molar-refractivity contribution < 1.29 is 22.7 Å². The van der Waals surface area contributed by atoms with E-state index in [1.165, 1.54) is 13.0 Å². The Balaban J connectivity index is 1.51. The molecule has 0 radical (unpaired) electrons. The summed E-state index contributed by atoms with van der Waals surface area (Å²) in [6, 6.07) is 15.3. The topological polar surface area (TPSA) is 92.8 Å². The minimum atomic E-state index is -3.84. The molecule has 0 fully saturated rings. The zero-order valence-corrected chi connectivity index (χ0v) is 16.8. The molecule has 152 valence electrons. The number of esters is 1. The average molecular weight is 414 g/mol. The van der Waals surface area contributed by atoms with Crippen LogP contribution in [0.15, 0.2) is 60.0 Å². The quantitative estimate of drug-likeness (QED) is 0.701. The molecule has 0 unspecified atom stereocenters. The molecule has 1 heterocycles. The fourth-order valence-corrected chi connectivity index (χ4v) is 4.00. The Morgan fingerprint density at radius 1 is 1.14 bits per heavy atom. The molecule has 2 aromatic carbocycles. The van der Waals surface area contributed by atoms with Gasteiger partial charge >= 0.3 is 5.97 Å². The predicted molar refractivity (Wildman–Crippen MR) is 110 cm³/mol. The fraction of sp³-hybridized carbons (Fsp3) is 0.238. The first-order valence-electron chi connectivity index (χ1n) is 9.16. The van der Waals surface area contributed by atoms with E-state index in [0.29, 0.717) is 12.1 Å². The van der Waals surface area contributed by atoms with Gasteiger partial charge in [-0.25, -0.2) is 8.42 Å². The number of fused-ring (bicyclic) bond motifs is 1. The van der Waals surface area contributed by atoms with Crippen LogP contribution in [0.4, 0.5) is 5.69 Å². The van der Waals surface area contributed by atoms with Crippen molar-refractivity contribution in [3.05, 3.63) is 71.1 Å². The number of carbonyl (C=O) groups excluding carboxylic acids is 2. The third-order valence-electron chi connectivity index (χ3n) is 4.46. The first-order chi connectivity index (χ1) is 13.9. The molecule has 0 aromatic heterocycles. The highest BCUT2D eigenvalue weighted by Crippen LogP contribution is 2.27. The Labute approximate surface area is 170 Å². The molecule has 0 spiro atoms. The number of sulfonamides is 1. The molecule has 3 rings (SSSR count). The Morgan fingerprint density at radius 3 is 2.59 bits per heavy atom. The zero-order chi connectivity index (χ0) is 20.9. The van der Waals surface area contributed by atoms with Crippen molar-refractivity contribution in [2.24, 2.45) is 0 Å². The summed E-state index contributed by atoms with van der Waals surface area (Å²) < 4.78 is 31.5. The van der Waals surface area contributed by atoms with Crippen LogP contribution in [0.3, 0.4) is 0 Å². The summed E-state index contributed by atoms with van der Waals surface area (Å²) in [4.78, 5) is 26.1. The summed E-state index contributed by atoms with van der Waals surface area (Å²) in [5, 5.41) is 0.985. The van der Waals surface area contributed by atoms with E-state index in [2.05, 4.69) is 4.72 Å². The molecule has 1 amide bonds. The van der Waals surface area contributed by atoms with Gasteiger partial charge in [-0.1, -0.05) is 48.5 Å². The number of ether oxygens (including phenoxy) is 1. The van der Waals surface area contributed by atoms with Crippen LogP contribution < -0.4 is 9.62 Å². The van der Waals surface area contributed by atoms with Crippen LogP contribution in [0.25, 0.3) is 6.08 Å². The van der Waals surface area contributed by atoms with E-state index in [-0.39, 0.29) is 5.91 Å². The van der Waals surface area contributed by atoms with Crippen molar-refractivity contribution in [1.82, 2.24) is 4.72 Å². The molecular formula is C21H22N2O5S. The monoisotopic (exact) mass is 414 g/mol. The van der Waals surface area contributed by atoms with Crippen molar-refractivity contribution >= 4 is 33.7 Å². The van der Waals surface area contributed by atoms with Gasteiger partial charge in [0.2, 0.25) is 10.0 Å². The lowest BCUT2D eigenvalue weighted by Crippen LogP contribution is -2.40. The van der Waals surface area contributed by atoms with Crippen molar-refractivity contribution in [2.75, 3.05) is 18.1 Å². The van der Waals surface area contributed by atoms with Gasteiger partial charge in [-0.2, -0.15) is 4.72 Å². The number of benzene rings is 2. The van der Waals surface area contributed by atoms with Gasteiger partial charge in [0.1, 0.15) is 6.04 Å². The molecule has 8 heteroatoms. The highest BCUT2D eigenvalue weighted by molar-refractivity contribution is 7.92. The zero-order valence-electron chi connectivity index (χ0n) is 15.9. The Bertz CT molecular complexity index is 1020. The first kappa shape index (κ1) is 20.8. The summed E-state index contributed by atoms with van der Waals surface area (Å²) in [6.07, 6.45) is 2.18. The van der Waals surface area contributed by atoms with E-state index in [9.17, 15) is 18.0 Å². The highest BCUT2D eigenvalue weighted by atomic mass is 32.2. The number of rotatable bonds is 7. The van der Waals surface area contributed by atoms with Crippen molar-refractivity contribution in [3.8, 4) is 0 Å². The second-order valence-electron chi connectivity index (χ2n) is 6.63. The number of nitrogens with zero attached hydrogens (tertiary/aromatic N) is 1. The normalized spacial score (nSPS) is 14.6. The molecule has 0 saturated carbocycles. The van der Waals surface area contributed by atoms with Gasteiger partial charge in [0.25, 0.3) is 5.91 Å². The lowest BCUT2D eigenvalue weighted by Gasteiger charge is -2.18. The average Bonchev–Trinajstić information content (AvgIpc) is 3.15. The molecule has 1 aliphatic rings. The first-order valence-corrected chi connectivity index (χ1v) is 10.7. The van der Waals surface area contributed by atoms with Crippen LogP contribution in [-0.2, 0) is 30.8 Å². The van der Waals surface area contributed by atoms with Crippen molar-refractivity contribution in [2.45, 2.75) is 19.4 Å². The second-order valence-corrected chi connectivity index (χ2v) is 8.23. The minimum Gasteiger partial charge on any atom is -0.454 e. The van der Waals surface area contributed by atoms with Crippen molar-refractivity contribution in [3.63, 3.8) is 0 Å². The Hall–Kier alpha value is -2.97. The maximum Gasteiger partial charge on any atom is 0.324 e. The number of amides is 1. The largest absolute Gasteiger partial charge is 0.454 e. The molecule has 2 aromatic rings. The van der Waals surface area contributed by atoms with Gasteiger partial charge in [-0.15, -0.1) is 0 Å². The highest BCUT2D eigenvalue weighted by Gasteiger charge is 2.26. The summed E-state index contributed by atoms with van der Waals surface area (Å²) in [6.45, 7) is 1.45. The summed E-state index contributed by atoms with van der Waals surface area (Å²) >= 11 is 0. The van der Waals surface area contributed by atoms with Crippen LogP contribution in [0.1, 0.15) is 18.1 Å². The van der Waals surface area contributed by atoms with Crippen LogP contribution in [0.2, 0.25) is 0 Å². The van der Waals surface area contributed by atoms with Crippen LogP contribution >= 0.6 is 0 Å². The maximum atomic E-state index is 12.4. The van der Waals surface area contributed by atoms with Gasteiger partial charge in [-0.05, 0) is 36.6 Å². The number of carbonyl (C=O) groups is 2. The molecule has 7 nitrogen and oxygen atoms in total. The number of anilines is 1. The second kappa shape index (κ2) is 9.02. The third kappa shape index (κ3) is 5.52. The number of nitrogens with one attached hydrogen (secondary N) is 1.